The standard InChI is InChI=1S/C20H34N2O2/c1-3-4-5-6-10-13-21-15-18-16(2)14-19(22(24)20(18)23)17-11-8-7-9-12-17/h14,17,21,24H,3-13,15H2,1-2H3. The van der Waals surface area contributed by atoms with Crippen molar-refractivity contribution in [2.45, 2.75) is 90.5 Å². The molecule has 1 aliphatic rings. The molecule has 136 valence electrons. The first-order valence-electron chi connectivity index (χ1n) is 9.80. The highest BCUT2D eigenvalue weighted by molar-refractivity contribution is 5.28. The van der Waals surface area contributed by atoms with Gasteiger partial charge in [-0.2, -0.15) is 4.73 Å². The van der Waals surface area contributed by atoms with Crippen LogP contribution in [0.3, 0.4) is 0 Å². The molecule has 0 unspecified atom stereocenters. The van der Waals surface area contributed by atoms with Gasteiger partial charge in [-0.25, -0.2) is 0 Å². The summed E-state index contributed by atoms with van der Waals surface area (Å²) in [5.74, 6) is 0.329. The van der Waals surface area contributed by atoms with Crippen molar-refractivity contribution >= 4 is 0 Å². The highest BCUT2D eigenvalue weighted by Crippen LogP contribution is 2.32. The van der Waals surface area contributed by atoms with E-state index in [0.29, 0.717) is 18.0 Å². The molecule has 0 bridgehead atoms. The van der Waals surface area contributed by atoms with Crippen molar-refractivity contribution < 1.29 is 5.21 Å². The summed E-state index contributed by atoms with van der Waals surface area (Å²) in [5.41, 5.74) is 2.27. The van der Waals surface area contributed by atoms with Gasteiger partial charge in [0.2, 0.25) is 0 Å². The number of aryl methyl sites for hydroxylation is 1. The van der Waals surface area contributed by atoms with Crippen LogP contribution in [0.4, 0.5) is 0 Å². The van der Waals surface area contributed by atoms with Crippen LogP contribution in [-0.4, -0.2) is 16.5 Å². The number of unbranched alkanes of at least 4 members (excludes halogenated alkanes) is 4. The van der Waals surface area contributed by atoms with Crippen LogP contribution in [0.1, 0.15) is 93.9 Å². The monoisotopic (exact) mass is 334 g/mol. The third kappa shape index (κ3) is 5.10. The Bertz CT molecular complexity index is 559. The van der Waals surface area contributed by atoms with Crippen LogP contribution >= 0.6 is 0 Å². The maximum absolute atomic E-state index is 12.5. The summed E-state index contributed by atoms with van der Waals surface area (Å²) in [4.78, 5) is 12.5. The molecule has 0 amide bonds. The molecule has 1 aromatic rings. The topological polar surface area (TPSA) is 54.3 Å². The lowest BCUT2D eigenvalue weighted by Gasteiger charge is -2.24. The van der Waals surface area contributed by atoms with E-state index < -0.39 is 0 Å². The number of nitrogens with one attached hydrogen (secondary N) is 1. The molecule has 1 heterocycles. The number of nitrogens with zero attached hydrogens (tertiary/aromatic N) is 1. The number of rotatable bonds is 9. The number of aromatic nitrogens is 1. The van der Waals surface area contributed by atoms with Crippen LogP contribution in [0.25, 0.3) is 0 Å². The molecule has 0 aliphatic heterocycles. The van der Waals surface area contributed by atoms with Gasteiger partial charge in [0, 0.05) is 18.0 Å². The van der Waals surface area contributed by atoms with Crippen LogP contribution in [-0.2, 0) is 6.54 Å². The van der Waals surface area contributed by atoms with E-state index in [1.807, 2.05) is 13.0 Å². The Morgan fingerprint density at radius 3 is 2.58 bits per heavy atom. The molecule has 0 aromatic carbocycles. The number of hydrogen-bond acceptors (Lipinski definition) is 3. The minimum Gasteiger partial charge on any atom is -0.425 e. The van der Waals surface area contributed by atoms with E-state index in [0.717, 1.165) is 41.8 Å². The Morgan fingerprint density at radius 1 is 1.17 bits per heavy atom. The molecular formula is C20H34N2O2. The molecule has 1 saturated carbocycles. The van der Waals surface area contributed by atoms with Crippen LogP contribution in [0.2, 0.25) is 0 Å². The molecule has 4 heteroatoms. The molecule has 24 heavy (non-hydrogen) atoms. The molecule has 1 aromatic heterocycles. The van der Waals surface area contributed by atoms with E-state index in [1.54, 1.807) is 0 Å². The minimum atomic E-state index is -0.242. The minimum absolute atomic E-state index is 0.242. The summed E-state index contributed by atoms with van der Waals surface area (Å²) in [5, 5.41) is 13.7. The Labute approximate surface area is 146 Å². The molecule has 0 spiro atoms. The van der Waals surface area contributed by atoms with Crippen molar-refractivity contribution in [1.82, 2.24) is 10.0 Å². The fourth-order valence-corrected chi connectivity index (χ4v) is 3.75. The van der Waals surface area contributed by atoms with E-state index in [-0.39, 0.29) is 5.56 Å². The molecule has 1 fully saturated rings. The summed E-state index contributed by atoms with van der Waals surface area (Å²) in [7, 11) is 0. The largest absolute Gasteiger partial charge is 0.425 e. The number of pyridine rings is 1. The molecular weight excluding hydrogens is 300 g/mol. The van der Waals surface area contributed by atoms with Crippen LogP contribution < -0.4 is 10.9 Å². The first-order chi connectivity index (χ1) is 11.6. The Hall–Kier alpha value is -1.29. The van der Waals surface area contributed by atoms with E-state index in [1.165, 1.54) is 44.9 Å². The predicted molar refractivity (Wildman–Crippen MR) is 98.9 cm³/mol. The van der Waals surface area contributed by atoms with Crippen LogP contribution in [0, 0.1) is 6.92 Å². The highest BCUT2D eigenvalue weighted by Gasteiger charge is 2.21. The Kier molecular flexibility index (Phi) is 7.83. The molecule has 0 atom stereocenters. The smallest absolute Gasteiger partial charge is 0.287 e. The predicted octanol–water partition coefficient (Wildman–Crippen LogP) is 4.50. The van der Waals surface area contributed by atoms with Crippen molar-refractivity contribution in [3.8, 4) is 0 Å². The second kappa shape index (κ2) is 9.87. The van der Waals surface area contributed by atoms with Crippen molar-refractivity contribution in [3.05, 3.63) is 33.2 Å². The number of hydrogen-bond donors (Lipinski definition) is 2. The van der Waals surface area contributed by atoms with E-state index in [2.05, 4.69) is 12.2 Å². The van der Waals surface area contributed by atoms with Gasteiger partial charge in [-0.15, -0.1) is 0 Å². The first kappa shape index (κ1) is 19.0. The van der Waals surface area contributed by atoms with Crippen molar-refractivity contribution in [3.63, 3.8) is 0 Å². The van der Waals surface area contributed by atoms with Gasteiger partial charge in [0.25, 0.3) is 5.56 Å². The molecule has 0 saturated heterocycles. The zero-order valence-corrected chi connectivity index (χ0v) is 15.4. The zero-order valence-electron chi connectivity index (χ0n) is 15.4. The SMILES string of the molecule is CCCCCCCNCc1c(C)cc(C2CCCCC2)n(O)c1=O. The van der Waals surface area contributed by atoms with E-state index in [4.69, 9.17) is 0 Å². The molecule has 0 radical (unpaired) electrons. The van der Waals surface area contributed by atoms with Crippen molar-refractivity contribution in [1.29, 1.82) is 0 Å². The van der Waals surface area contributed by atoms with Gasteiger partial charge in [-0.05, 0) is 44.4 Å². The van der Waals surface area contributed by atoms with E-state index in [9.17, 15) is 10.0 Å². The lowest BCUT2D eigenvalue weighted by Crippen LogP contribution is -2.31. The van der Waals surface area contributed by atoms with Gasteiger partial charge >= 0.3 is 0 Å². The highest BCUT2D eigenvalue weighted by atomic mass is 16.5. The van der Waals surface area contributed by atoms with Crippen LogP contribution in [0.15, 0.2) is 10.9 Å². The normalized spacial score (nSPS) is 15.8. The second-order valence-electron chi connectivity index (χ2n) is 7.27. The Balaban J connectivity index is 1.93. The lowest BCUT2D eigenvalue weighted by molar-refractivity contribution is 0.155. The second-order valence-corrected chi connectivity index (χ2v) is 7.27. The Morgan fingerprint density at radius 2 is 1.88 bits per heavy atom. The fourth-order valence-electron chi connectivity index (χ4n) is 3.75. The summed E-state index contributed by atoms with van der Waals surface area (Å²) >= 11 is 0. The first-order valence-corrected chi connectivity index (χ1v) is 9.80. The fraction of sp³-hybridized carbons (Fsp3) is 0.750. The summed E-state index contributed by atoms with van der Waals surface area (Å²) in [6, 6.07) is 2.02. The maximum atomic E-state index is 12.5. The lowest BCUT2D eigenvalue weighted by atomic mass is 9.86. The average molecular weight is 335 g/mol. The molecule has 4 nitrogen and oxygen atoms in total. The summed E-state index contributed by atoms with van der Waals surface area (Å²) < 4.78 is 0.918. The maximum Gasteiger partial charge on any atom is 0.287 e. The van der Waals surface area contributed by atoms with E-state index >= 15 is 0 Å². The third-order valence-corrected chi connectivity index (χ3v) is 5.32. The zero-order chi connectivity index (χ0) is 17.4. The molecule has 2 N–H and O–H groups in total. The van der Waals surface area contributed by atoms with Gasteiger partial charge in [-0.3, -0.25) is 4.79 Å². The van der Waals surface area contributed by atoms with Gasteiger partial charge in [-0.1, -0.05) is 51.9 Å². The van der Waals surface area contributed by atoms with Crippen LogP contribution in [0.5, 0.6) is 0 Å². The van der Waals surface area contributed by atoms with Gasteiger partial charge in [0.1, 0.15) is 0 Å². The van der Waals surface area contributed by atoms with Crippen molar-refractivity contribution in [2.75, 3.05) is 6.54 Å². The summed E-state index contributed by atoms with van der Waals surface area (Å²) in [6.45, 7) is 5.69. The quantitative estimate of drug-likeness (QED) is 0.516. The van der Waals surface area contributed by atoms with Gasteiger partial charge in [0.05, 0.1) is 5.69 Å². The average Bonchev–Trinajstić information content (AvgIpc) is 2.60. The van der Waals surface area contributed by atoms with Gasteiger partial charge < -0.3 is 10.5 Å². The third-order valence-electron chi connectivity index (χ3n) is 5.32. The van der Waals surface area contributed by atoms with Gasteiger partial charge in [0.15, 0.2) is 0 Å². The summed E-state index contributed by atoms with van der Waals surface area (Å²) in [6.07, 6.45) is 12.0. The van der Waals surface area contributed by atoms with Crippen molar-refractivity contribution in [2.24, 2.45) is 0 Å². The molecule has 2 rings (SSSR count). The molecule has 1 aliphatic carbocycles.